The van der Waals surface area contributed by atoms with Crippen molar-refractivity contribution in [2.45, 2.75) is 57.7 Å². The molecule has 32 heavy (non-hydrogen) atoms. The quantitative estimate of drug-likeness (QED) is 0.593. The Bertz CT molecular complexity index is 964. The number of hydrogen-bond donors (Lipinski definition) is 1. The van der Waals surface area contributed by atoms with E-state index in [4.69, 9.17) is 14.6 Å². The molecule has 1 aromatic carbocycles. The molecule has 0 bridgehead atoms. The molecular weight excluding hydrogens is 414 g/mol. The van der Waals surface area contributed by atoms with E-state index < -0.39 is 11.9 Å². The minimum atomic E-state index is -1.10. The van der Waals surface area contributed by atoms with Gasteiger partial charge in [0.25, 0.3) is 0 Å². The van der Waals surface area contributed by atoms with E-state index in [0.29, 0.717) is 17.9 Å². The highest BCUT2D eigenvalue weighted by Crippen LogP contribution is 2.28. The van der Waals surface area contributed by atoms with Crippen LogP contribution >= 0.6 is 0 Å². The van der Waals surface area contributed by atoms with Crippen LogP contribution in [0.3, 0.4) is 0 Å². The van der Waals surface area contributed by atoms with Crippen LogP contribution in [0.1, 0.15) is 64.9 Å². The molecule has 0 radical (unpaired) electrons. The number of carboxylic acid groups (broad SMARTS) is 1. The van der Waals surface area contributed by atoms with Gasteiger partial charge < -0.3 is 19.5 Å². The molecule has 9 nitrogen and oxygen atoms in total. The molecule has 1 heterocycles. The van der Waals surface area contributed by atoms with Crippen molar-refractivity contribution in [3.05, 3.63) is 47.3 Å². The number of amides is 1. The number of rotatable bonds is 9. The molecule has 3 rings (SSSR count). The van der Waals surface area contributed by atoms with E-state index in [-0.39, 0.29) is 30.6 Å². The number of carboxylic acids is 1. The van der Waals surface area contributed by atoms with Crippen molar-refractivity contribution < 1.29 is 29.0 Å². The summed E-state index contributed by atoms with van der Waals surface area (Å²) < 4.78 is 11.8. The minimum absolute atomic E-state index is 0.0465. The number of nitrogens with zero attached hydrogens (tertiary/aromatic N) is 3. The molecule has 0 aliphatic heterocycles. The largest absolute Gasteiger partial charge is 0.496 e. The maximum Gasteiger partial charge on any atom is 0.356 e. The maximum atomic E-state index is 13.3. The summed E-state index contributed by atoms with van der Waals surface area (Å²) in [5, 5.41) is 13.0. The van der Waals surface area contributed by atoms with Gasteiger partial charge in [-0.2, -0.15) is 5.10 Å². The Labute approximate surface area is 186 Å². The number of aromatic carboxylic acids is 1. The zero-order valence-corrected chi connectivity index (χ0v) is 18.5. The van der Waals surface area contributed by atoms with E-state index in [0.717, 1.165) is 37.7 Å². The van der Waals surface area contributed by atoms with Gasteiger partial charge in [0, 0.05) is 37.3 Å². The topological polar surface area (TPSA) is 111 Å². The summed E-state index contributed by atoms with van der Waals surface area (Å²) in [5.74, 6) is -0.993. The molecule has 1 aromatic heterocycles. The Morgan fingerprint density at radius 3 is 2.53 bits per heavy atom. The number of hydrogen-bond acceptors (Lipinski definition) is 6. The zero-order valence-electron chi connectivity index (χ0n) is 18.5. The highest BCUT2D eigenvalue weighted by atomic mass is 16.5. The Morgan fingerprint density at radius 1 is 1.16 bits per heavy atom. The summed E-state index contributed by atoms with van der Waals surface area (Å²) in [6.45, 7) is 0.603. The molecule has 0 atom stereocenters. The van der Waals surface area contributed by atoms with Gasteiger partial charge in [-0.3, -0.25) is 9.48 Å². The van der Waals surface area contributed by atoms with Gasteiger partial charge in [-0.25, -0.2) is 9.59 Å². The predicted octanol–water partition coefficient (Wildman–Crippen LogP) is 3.13. The number of methoxy groups -OCH3 is 2. The normalized spacial score (nSPS) is 14.1. The lowest BCUT2D eigenvalue weighted by molar-refractivity contribution is -0.135. The SMILES string of the molecule is COC(=O)c1ccc(OC)c(CN(C(=O)CCn2ccc(C(=O)O)n2)C2CCCCC2)c1. The minimum Gasteiger partial charge on any atom is -0.496 e. The number of aryl methyl sites for hydroxylation is 1. The van der Waals surface area contributed by atoms with Crippen molar-refractivity contribution in [1.29, 1.82) is 0 Å². The van der Waals surface area contributed by atoms with Gasteiger partial charge >= 0.3 is 11.9 Å². The first-order valence-electron chi connectivity index (χ1n) is 10.7. The average molecular weight is 444 g/mol. The zero-order chi connectivity index (χ0) is 23.1. The van der Waals surface area contributed by atoms with E-state index in [9.17, 15) is 14.4 Å². The Balaban J connectivity index is 1.80. The van der Waals surface area contributed by atoms with E-state index in [1.165, 1.54) is 17.9 Å². The monoisotopic (exact) mass is 443 g/mol. The summed E-state index contributed by atoms with van der Waals surface area (Å²) in [6.07, 6.45) is 6.89. The third-order valence-corrected chi connectivity index (χ3v) is 5.79. The van der Waals surface area contributed by atoms with E-state index in [2.05, 4.69) is 5.10 Å². The Morgan fingerprint density at radius 2 is 1.91 bits per heavy atom. The third kappa shape index (κ3) is 5.66. The van der Waals surface area contributed by atoms with Crippen molar-refractivity contribution in [2.75, 3.05) is 14.2 Å². The molecule has 0 spiro atoms. The number of ether oxygens (including phenoxy) is 2. The van der Waals surface area contributed by atoms with E-state index in [1.807, 2.05) is 4.90 Å². The highest BCUT2D eigenvalue weighted by molar-refractivity contribution is 5.89. The standard InChI is InChI=1S/C23H29N3O6/c1-31-20-9-8-16(23(30)32-2)14-17(20)15-26(18-6-4-3-5-7-18)21(27)11-13-25-12-10-19(24-25)22(28)29/h8-10,12,14,18H,3-7,11,13,15H2,1-2H3,(H,28,29). The van der Waals surface area contributed by atoms with Crippen molar-refractivity contribution in [2.24, 2.45) is 0 Å². The number of carbonyl (C=O) groups is 3. The van der Waals surface area contributed by atoms with Gasteiger partial charge in [0.15, 0.2) is 5.69 Å². The number of esters is 1. The molecule has 1 amide bonds. The Kier molecular flexibility index (Phi) is 7.86. The van der Waals surface area contributed by atoms with Crippen LogP contribution < -0.4 is 4.74 Å². The van der Waals surface area contributed by atoms with Crippen LogP contribution in [0.2, 0.25) is 0 Å². The van der Waals surface area contributed by atoms with Crippen LogP contribution in [-0.2, 0) is 22.6 Å². The molecule has 1 N–H and O–H groups in total. The van der Waals surface area contributed by atoms with Crippen molar-refractivity contribution in [1.82, 2.24) is 14.7 Å². The summed E-state index contributed by atoms with van der Waals surface area (Å²) in [6, 6.07) is 6.57. The van der Waals surface area contributed by atoms with E-state index >= 15 is 0 Å². The second-order valence-electron chi connectivity index (χ2n) is 7.85. The third-order valence-electron chi connectivity index (χ3n) is 5.79. The molecule has 9 heteroatoms. The van der Waals surface area contributed by atoms with Gasteiger partial charge in [-0.05, 0) is 37.1 Å². The van der Waals surface area contributed by atoms with Gasteiger partial charge in [0.05, 0.1) is 19.8 Å². The summed E-state index contributed by atoms with van der Waals surface area (Å²) in [5.41, 5.74) is 1.09. The fraction of sp³-hybridized carbons (Fsp3) is 0.478. The van der Waals surface area contributed by atoms with Crippen molar-refractivity contribution in [3.8, 4) is 5.75 Å². The molecule has 2 aromatic rings. The lowest BCUT2D eigenvalue weighted by atomic mass is 9.93. The summed E-state index contributed by atoms with van der Waals surface area (Å²) >= 11 is 0. The molecule has 1 fully saturated rings. The number of carbonyl (C=O) groups excluding carboxylic acids is 2. The summed E-state index contributed by atoms with van der Waals surface area (Å²) in [7, 11) is 2.89. The first kappa shape index (κ1) is 23.3. The molecule has 1 saturated carbocycles. The van der Waals surface area contributed by atoms with E-state index in [1.54, 1.807) is 31.5 Å². The fourth-order valence-electron chi connectivity index (χ4n) is 4.10. The molecule has 1 aliphatic rings. The first-order valence-corrected chi connectivity index (χ1v) is 10.7. The van der Waals surface area contributed by atoms with Gasteiger partial charge in [-0.15, -0.1) is 0 Å². The second-order valence-corrected chi connectivity index (χ2v) is 7.85. The summed E-state index contributed by atoms with van der Waals surface area (Å²) in [4.78, 5) is 38.2. The van der Waals surface area contributed by atoms with Crippen molar-refractivity contribution in [3.63, 3.8) is 0 Å². The molecule has 0 saturated heterocycles. The van der Waals surface area contributed by atoms with Crippen LogP contribution in [-0.4, -0.2) is 57.9 Å². The van der Waals surface area contributed by atoms with Gasteiger partial charge in [0.2, 0.25) is 5.91 Å². The van der Waals surface area contributed by atoms with Gasteiger partial charge in [0.1, 0.15) is 5.75 Å². The lowest BCUT2D eigenvalue weighted by Gasteiger charge is -2.35. The molecular formula is C23H29N3O6. The lowest BCUT2D eigenvalue weighted by Crippen LogP contribution is -2.41. The fourth-order valence-corrected chi connectivity index (χ4v) is 4.10. The van der Waals surface area contributed by atoms with Crippen molar-refractivity contribution >= 4 is 17.8 Å². The predicted molar refractivity (Wildman–Crippen MR) is 116 cm³/mol. The molecule has 172 valence electrons. The maximum absolute atomic E-state index is 13.3. The molecule has 1 aliphatic carbocycles. The average Bonchev–Trinajstić information content (AvgIpc) is 3.30. The van der Waals surface area contributed by atoms with Crippen LogP contribution in [0.25, 0.3) is 0 Å². The number of benzene rings is 1. The molecule has 0 unspecified atom stereocenters. The van der Waals surface area contributed by atoms with Crippen LogP contribution in [0.4, 0.5) is 0 Å². The second kappa shape index (κ2) is 10.8. The van der Waals surface area contributed by atoms with Gasteiger partial charge in [-0.1, -0.05) is 19.3 Å². The number of aromatic nitrogens is 2. The van der Waals surface area contributed by atoms with Crippen LogP contribution in [0, 0.1) is 0 Å². The van der Waals surface area contributed by atoms with Crippen LogP contribution in [0.5, 0.6) is 5.75 Å². The smallest absolute Gasteiger partial charge is 0.356 e. The first-order chi connectivity index (χ1) is 15.4. The Hall–Kier alpha value is -3.36. The highest BCUT2D eigenvalue weighted by Gasteiger charge is 2.27. The van der Waals surface area contributed by atoms with Crippen LogP contribution in [0.15, 0.2) is 30.5 Å².